The van der Waals surface area contributed by atoms with Gasteiger partial charge >= 0.3 is 0 Å². The molecule has 134 valence electrons. The number of carbonyl (C=O) groups excluding carboxylic acids is 1. The van der Waals surface area contributed by atoms with Gasteiger partial charge in [0.25, 0.3) is 5.78 Å². The van der Waals surface area contributed by atoms with Crippen LogP contribution in [0.5, 0.6) is 0 Å². The highest BCUT2D eigenvalue weighted by atomic mass is 16.1. The molecule has 0 radical (unpaired) electrons. The average Bonchev–Trinajstić information content (AvgIpc) is 2.96. The lowest BCUT2D eigenvalue weighted by Crippen LogP contribution is -2.37. The fraction of sp³-hybridized carbons (Fsp3) is 0.400. The minimum Gasteiger partial charge on any atom is -0.349 e. The summed E-state index contributed by atoms with van der Waals surface area (Å²) >= 11 is 0. The third-order valence-electron chi connectivity index (χ3n) is 5.08. The quantitative estimate of drug-likeness (QED) is 0.769. The molecular formula is C20H23N5O. The van der Waals surface area contributed by atoms with Gasteiger partial charge in [0.2, 0.25) is 5.91 Å². The number of nitrogens with zero attached hydrogens (tertiary/aromatic N) is 4. The highest BCUT2D eigenvalue weighted by Crippen LogP contribution is 2.37. The molecule has 1 aliphatic carbocycles. The number of hydrogen-bond donors (Lipinski definition) is 1. The van der Waals surface area contributed by atoms with Gasteiger partial charge in [-0.05, 0) is 44.2 Å². The van der Waals surface area contributed by atoms with Gasteiger partial charge in [-0.3, -0.25) is 4.79 Å². The van der Waals surface area contributed by atoms with Gasteiger partial charge in [-0.15, -0.1) is 5.10 Å². The van der Waals surface area contributed by atoms with Crippen molar-refractivity contribution in [3.05, 3.63) is 59.2 Å². The van der Waals surface area contributed by atoms with E-state index in [1.807, 2.05) is 38.1 Å². The largest absolute Gasteiger partial charge is 0.349 e. The molecule has 26 heavy (non-hydrogen) atoms. The molecule has 0 aliphatic heterocycles. The number of rotatable bonds is 5. The first-order chi connectivity index (χ1) is 12.6. The Morgan fingerprint density at radius 1 is 1.23 bits per heavy atom. The fourth-order valence-electron chi connectivity index (χ4n) is 3.56. The predicted molar refractivity (Wildman–Crippen MR) is 98.6 cm³/mol. The van der Waals surface area contributed by atoms with Gasteiger partial charge in [-0.25, -0.2) is 9.50 Å². The molecule has 1 aliphatic rings. The van der Waals surface area contributed by atoms with E-state index in [2.05, 4.69) is 32.5 Å². The van der Waals surface area contributed by atoms with Crippen molar-refractivity contribution in [2.75, 3.05) is 0 Å². The number of aryl methyl sites for hydroxylation is 2. The van der Waals surface area contributed by atoms with Gasteiger partial charge in [0, 0.05) is 11.4 Å². The average molecular weight is 349 g/mol. The third-order valence-corrected chi connectivity index (χ3v) is 5.08. The molecule has 6 nitrogen and oxygen atoms in total. The molecule has 0 bridgehead atoms. The Morgan fingerprint density at radius 3 is 2.69 bits per heavy atom. The molecule has 2 heterocycles. The van der Waals surface area contributed by atoms with Crippen molar-refractivity contribution in [2.24, 2.45) is 5.92 Å². The number of nitrogens with one attached hydrogen (secondary N) is 1. The summed E-state index contributed by atoms with van der Waals surface area (Å²) in [5.74, 6) is 1.52. The minimum atomic E-state index is -0.0453. The van der Waals surface area contributed by atoms with Gasteiger partial charge in [-0.2, -0.15) is 4.98 Å². The van der Waals surface area contributed by atoms with Crippen LogP contribution in [0.3, 0.4) is 0 Å². The Morgan fingerprint density at radius 2 is 2.00 bits per heavy atom. The van der Waals surface area contributed by atoms with Crippen LogP contribution in [-0.2, 0) is 11.2 Å². The maximum Gasteiger partial charge on any atom is 0.252 e. The monoisotopic (exact) mass is 349 g/mol. The topological polar surface area (TPSA) is 72.2 Å². The first kappa shape index (κ1) is 16.7. The molecule has 3 aromatic rings. The second kappa shape index (κ2) is 6.86. The van der Waals surface area contributed by atoms with E-state index in [-0.39, 0.29) is 18.4 Å². The van der Waals surface area contributed by atoms with Crippen LogP contribution in [0.2, 0.25) is 0 Å². The number of benzene rings is 1. The van der Waals surface area contributed by atoms with E-state index in [1.165, 1.54) is 12.0 Å². The van der Waals surface area contributed by atoms with E-state index in [0.717, 1.165) is 24.2 Å². The van der Waals surface area contributed by atoms with Gasteiger partial charge in [0.15, 0.2) is 5.82 Å². The molecule has 1 fully saturated rings. The Balaban J connectivity index is 1.51. The van der Waals surface area contributed by atoms with Crippen LogP contribution in [0.4, 0.5) is 0 Å². The minimum absolute atomic E-state index is 0.0453. The number of fused-ring (bicyclic) bond motifs is 1. The molecule has 0 unspecified atom stereocenters. The SMILES string of the molecule is Cc1cc(C)n2nc(CC(=O)N[C@@H](c3ccccc3)C3CCC3)nc2n1. The molecule has 6 heteroatoms. The zero-order chi connectivity index (χ0) is 18.1. The van der Waals surface area contributed by atoms with Crippen molar-refractivity contribution in [1.82, 2.24) is 24.9 Å². The molecular weight excluding hydrogens is 326 g/mol. The van der Waals surface area contributed by atoms with Crippen LogP contribution in [0.1, 0.15) is 48.1 Å². The number of hydrogen-bond acceptors (Lipinski definition) is 4. The highest BCUT2D eigenvalue weighted by Gasteiger charge is 2.29. The van der Waals surface area contributed by atoms with E-state index in [4.69, 9.17) is 0 Å². The van der Waals surface area contributed by atoms with Crippen LogP contribution in [0.25, 0.3) is 5.78 Å². The smallest absolute Gasteiger partial charge is 0.252 e. The Bertz CT molecular complexity index is 930. The molecule has 1 amide bonds. The van der Waals surface area contributed by atoms with Gasteiger partial charge in [0.1, 0.15) is 0 Å². The summed E-state index contributed by atoms with van der Waals surface area (Å²) in [5.41, 5.74) is 3.03. The van der Waals surface area contributed by atoms with Crippen molar-refractivity contribution >= 4 is 11.7 Å². The normalized spacial score (nSPS) is 15.6. The van der Waals surface area contributed by atoms with Crippen molar-refractivity contribution in [3.8, 4) is 0 Å². The summed E-state index contributed by atoms with van der Waals surface area (Å²) in [6, 6.07) is 12.2. The summed E-state index contributed by atoms with van der Waals surface area (Å²) in [4.78, 5) is 21.4. The highest BCUT2D eigenvalue weighted by molar-refractivity contribution is 5.78. The van der Waals surface area contributed by atoms with Gasteiger partial charge < -0.3 is 5.32 Å². The first-order valence-corrected chi connectivity index (χ1v) is 9.14. The predicted octanol–water partition coefficient (Wildman–Crippen LogP) is 2.94. The van der Waals surface area contributed by atoms with E-state index in [1.54, 1.807) is 4.52 Å². The zero-order valence-electron chi connectivity index (χ0n) is 15.1. The maximum absolute atomic E-state index is 12.6. The summed E-state index contributed by atoms with van der Waals surface area (Å²) < 4.78 is 1.69. The molecule has 2 aromatic heterocycles. The lowest BCUT2D eigenvalue weighted by atomic mass is 9.77. The summed E-state index contributed by atoms with van der Waals surface area (Å²) in [7, 11) is 0. The van der Waals surface area contributed by atoms with Crippen LogP contribution in [0, 0.1) is 19.8 Å². The number of aromatic nitrogens is 4. The number of amides is 1. The van der Waals surface area contributed by atoms with Gasteiger partial charge in [0.05, 0.1) is 12.5 Å². The van der Waals surface area contributed by atoms with Crippen molar-refractivity contribution in [1.29, 1.82) is 0 Å². The second-order valence-corrected chi connectivity index (χ2v) is 7.10. The molecule has 1 N–H and O–H groups in total. The molecule has 1 aromatic carbocycles. The molecule has 1 saturated carbocycles. The van der Waals surface area contributed by atoms with E-state index >= 15 is 0 Å². The Hall–Kier alpha value is -2.76. The summed E-state index contributed by atoms with van der Waals surface area (Å²) in [5, 5.41) is 7.64. The maximum atomic E-state index is 12.6. The molecule has 0 saturated heterocycles. The zero-order valence-corrected chi connectivity index (χ0v) is 15.1. The van der Waals surface area contributed by atoms with Crippen LogP contribution in [-0.4, -0.2) is 25.5 Å². The van der Waals surface area contributed by atoms with Crippen LogP contribution < -0.4 is 5.32 Å². The number of carbonyl (C=O) groups is 1. The van der Waals surface area contributed by atoms with Gasteiger partial charge in [-0.1, -0.05) is 36.8 Å². The lowest BCUT2D eigenvalue weighted by Gasteiger charge is -2.34. The van der Waals surface area contributed by atoms with Crippen LogP contribution >= 0.6 is 0 Å². The molecule has 0 spiro atoms. The first-order valence-electron chi connectivity index (χ1n) is 9.14. The third kappa shape index (κ3) is 3.31. The Labute approximate surface area is 152 Å². The van der Waals surface area contributed by atoms with Crippen LogP contribution in [0.15, 0.2) is 36.4 Å². The molecule has 4 rings (SSSR count). The van der Waals surface area contributed by atoms with E-state index in [9.17, 15) is 4.79 Å². The molecule has 1 atom stereocenters. The lowest BCUT2D eigenvalue weighted by molar-refractivity contribution is -0.121. The summed E-state index contributed by atoms with van der Waals surface area (Å²) in [6.45, 7) is 3.89. The van der Waals surface area contributed by atoms with E-state index in [0.29, 0.717) is 17.5 Å². The van der Waals surface area contributed by atoms with Crippen molar-refractivity contribution < 1.29 is 4.79 Å². The standard InChI is InChI=1S/C20H23N5O/c1-13-11-14(2)25-20(21-13)22-17(24-25)12-18(26)23-19(16-9-6-10-16)15-7-4-3-5-8-15/h3-5,7-8,11,16,19H,6,9-10,12H2,1-2H3,(H,23,26)/t19-/m0/s1. The fourth-order valence-corrected chi connectivity index (χ4v) is 3.56. The summed E-state index contributed by atoms with van der Waals surface area (Å²) in [6.07, 6.45) is 3.73. The second-order valence-electron chi connectivity index (χ2n) is 7.10. The van der Waals surface area contributed by atoms with Crippen molar-refractivity contribution in [3.63, 3.8) is 0 Å². The van der Waals surface area contributed by atoms with E-state index < -0.39 is 0 Å². The van der Waals surface area contributed by atoms with Crippen molar-refractivity contribution in [2.45, 2.75) is 45.6 Å². The Kier molecular flexibility index (Phi) is 4.41.